The van der Waals surface area contributed by atoms with Crippen LogP contribution in [-0.2, 0) is 13.0 Å². The Labute approximate surface area is 140 Å². The molecule has 5 nitrogen and oxygen atoms in total. The van der Waals surface area contributed by atoms with Gasteiger partial charge in [-0.15, -0.1) is 0 Å². The van der Waals surface area contributed by atoms with E-state index in [1.165, 1.54) is 0 Å². The molecular formula is C19H19N3O2. The van der Waals surface area contributed by atoms with E-state index < -0.39 is 0 Å². The third kappa shape index (κ3) is 3.81. The Morgan fingerprint density at radius 2 is 2.04 bits per heavy atom. The summed E-state index contributed by atoms with van der Waals surface area (Å²) in [5, 5.41) is 6.14. The van der Waals surface area contributed by atoms with E-state index in [1.54, 1.807) is 24.7 Å². The van der Waals surface area contributed by atoms with Crippen molar-refractivity contribution >= 4 is 17.3 Å². The Morgan fingerprint density at radius 1 is 1.17 bits per heavy atom. The lowest BCUT2D eigenvalue weighted by molar-refractivity contribution is 0.102. The quantitative estimate of drug-likeness (QED) is 0.717. The largest absolute Gasteiger partial charge is 0.467 e. The fourth-order valence-electron chi connectivity index (χ4n) is 2.41. The fraction of sp³-hybridized carbons (Fsp3) is 0.158. The number of benzene rings is 1. The number of nitrogens with zero attached hydrogens (tertiary/aromatic N) is 1. The maximum atomic E-state index is 12.5. The number of nitrogens with one attached hydrogen (secondary N) is 2. The van der Waals surface area contributed by atoms with Gasteiger partial charge in [0.15, 0.2) is 0 Å². The monoisotopic (exact) mass is 321 g/mol. The van der Waals surface area contributed by atoms with Crippen molar-refractivity contribution in [1.82, 2.24) is 4.98 Å². The Kier molecular flexibility index (Phi) is 4.91. The summed E-state index contributed by atoms with van der Waals surface area (Å²) in [6.07, 6.45) is 5.73. The maximum Gasteiger partial charge on any atom is 0.257 e. The molecule has 3 rings (SSSR count). The Bertz CT molecular complexity index is 813. The molecule has 0 spiro atoms. The number of hydrogen-bond donors (Lipinski definition) is 2. The highest BCUT2D eigenvalue weighted by Gasteiger charge is 2.09. The number of hydrogen-bond acceptors (Lipinski definition) is 4. The van der Waals surface area contributed by atoms with E-state index in [4.69, 9.17) is 4.42 Å². The van der Waals surface area contributed by atoms with Gasteiger partial charge in [-0.05, 0) is 36.2 Å². The Hall–Kier alpha value is -3.08. The molecule has 0 bridgehead atoms. The molecule has 0 radical (unpaired) electrons. The Morgan fingerprint density at radius 3 is 2.83 bits per heavy atom. The van der Waals surface area contributed by atoms with Gasteiger partial charge in [-0.3, -0.25) is 9.78 Å². The third-order valence-electron chi connectivity index (χ3n) is 3.69. The molecule has 0 fully saturated rings. The number of rotatable bonds is 6. The van der Waals surface area contributed by atoms with Gasteiger partial charge in [-0.25, -0.2) is 0 Å². The highest BCUT2D eigenvalue weighted by atomic mass is 16.3. The lowest BCUT2D eigenvalue weighted by Crippen LogP contribution is -2.14. The van der Waals surface area contributed by atoms with Crippen molar-refractivity contribution in [2.45, 2.75) is 19.9 Å². The lowest BCUT2D eigenvalue weighted by Gasteiger charge is -2.10. The summed E-state index contributed by atoms with van der Waals surface area (Å²) in [4.78, 5) is 16.6. The SMILES string of the molecule is CCc1ccccc1NC(=O)c1cncc(NCc2ccco2)c1. The first-order valence-electron chi connectivity index (χ1n) is 7.87. The zero-order valence-corrected chi connectivity index (χ0v) is 13.5. The van der Waals surface area contributed by atoms with Crippen molar-refractivity contribution in [3.05, 3.63) is 78.0 Å². The van der Waals surface area contributed by atoms with E-state index in [2.05, 4.69) is 22.5 Å². The summed E-state index contributed by atoms with van der Waals surface area (Å²) in [6, 6.07) is 13.3. The molecule has 1 aromatic carbocycles. The second-order valence-corrected chi connectivity index (χ2v) is 5.36. The summed E-state index contributed by atoms with van der Waals surface area (Å²) in [5.41, 5.74) is 3.21. The Balaban J connectivity index is 1.69. The standard InChI is InChI=1S/C19H19N3O2/c1-2-14-6-3-4-8-18(14)22-19(23)15-10-16(12-20-11-15)21-13-17-7-5-9-24-17/h3-12,21H,2,13H2,1H3,(H,22,23). The van der Waals surface area contributed by atoms with Crippen molar-refractivity contribution in [1.29, 1.82) is 0 Å². The summed E-state index contributed by atoms with van der Waals surface area (Å²) in [7, 11) is 0. The molecule has 3 aromatic rings. The van der Waals surface area contributed by atoms with Crippen LogP contribution in [0.1, 0.15) is 28.6 Å². The number of furan rings is 1. The highest BCUT2D eigenvalue weighted by molar-refractivity contribution is 6.04. The number of carbonyl (C=O) groups is 1. The van der Waals surface area contributed by atoms with Crippen LogP contribution in [-0.4, -0.2) is 10.9 Å². The number of carbonyl (C=O) groups excluding carboxylic acids is 1. The van der Waals surface area contributed by atoms with Gasteiger partial charge in [0.25, 0.3) is 5.91 Å². The van der Waals surface area contributed by atoms with Gasteiger partial charge in [-0.2, -0.15) is 0 Å². The van der Waals surface area contributed by atoms with Crippen molar-refractivity contribution in [2.75, 3.05) is 10.6 Å². The van der Waals surface area contributed by atoms with Crippen LogP contribution in [0.3, 0.4) is 0 Å². The average Bonchev–Trinajstić information content (AvgIpc) is 3.14. The van der Waals surface area contributed by atoms with Gasteiger partial charge < -0.3 is 15.1 Å². The van der Waals surface area contributed by atoms with Gasteiger partial charge in [0.2, 0.25) is 0 Å². The molecule has 0 atom stereocenters. The van der Waals surface area contributed by atoms with Crippen molar-refractivity contribution < 1.29 is 9.21 Å². The number of pyridine rings is 1. The molecule has 0 unspecified atom stereocenters. The van der Waals surface area contributed by atoms with Gasteiger partial charge >= 0.3 is 0 Å². The number of anilines is 2. The first-order chi connectivity index (χ1) is 11.8. The molecule has 0 aliphatic rings. The van der Waals surface area contributed by atoms with Crippen LogP contribution in [0.4, 0.5) is 11.4 Å². The molecule has 2 aromatic heterocycles. The average molecular weight is 321 g/mol. The molecule has 24 heavy (non-hydrogen) atoms. The molecule has 122 valence electrons. The second kappa shape index (κ2) is 7.46. The van der Waals surface area contributed by atoms with Gasteiger partial charge in [0.05, 0.1) is 24.1 Å². The minimum atomic E-state index is -0.176. The van der Waals surface area contributed by atoms with Crippen LogP contribution in [0.5, 0.6) is 0 Å². The number of aromatic nitrogens is 1. The highest BCUT2D eigenvalue weighted by Crippen LogP contribution is 2.17. The molecule has 0 saturated heterocycles. The number of para-hydroxylation sites is 1. The van der Waals surface area contributed by atoms with E-state index in [-0.39, 0.29) is 5.91 Å². The minimum absolute atomic E-state index is 0.176. The molecule has 1 amide bonds. The van der Waals surface area contributed by atoms with Crippen LogP contribution >= 0.6 is 0 Å². The summed E-state index contributed by atoms with van der Waals surface area (Å²) >= 11 is 0. The third-order valence-corrected chi connectivity index (χ3v) is 3.69. The van der Waals surface area contributed by atoms with Crippen LogP contribution in [0.15, 0.2) is 65.5 Å². The lowest BCUT2D eigenvalue weighted by atomic mass is 10.1. The van der Waals surface area contributed by atoms with Gasteiger partial charge in [-0.1, -0.05) is 25.1 Å². The molecular weight excluding hydrogens is 302 g/mol. The normalized spacial score (nSPS) is 10.4. The summed E-state index contributed by atoms with van der Waals surface area (Å²) < 4.78 is 5.28. The van der Waals surface area contributed by atoms with E-state index in [1.807, 2.05) is 36.4 Å². The van der Waals surface area contributed by atoms with Crippen LogP contribution < -0.4 is 10.6 Å². The molecule has 2 N–H and O–H groups in total. The predicted molar refractivity (Wildman–Crippen MR) is 94.0 cm³/mol. The van der Waals surface area contributed by atoms with Crippen molar-refractivity contribution in [3.63, 3.8) is 0 Å². The number of amides is 1. The molecule has 0 aliphatic heterocycles. The zero-order valence-electron chi connectivity index (χ0n) is 13.5. The van der Waals surface area contributed by atoms with E-state index >= 15 is 0 Å². The molecule has 0 saturated carbocycles. The fourth-order valence-corrected chi connectivity index (χ4v) is 2.41. The molecule has 2 heterocycles. The van der Waals surface area contributed by atoms with Gasteiger partial charge in [0.1, 0.15) is 5.76 Å². The first kappa shape index (κ1) is 15.8. The van der Waals surface area contributed by atoms with E-state index in [0.717, 1.165) is 29.1 Å². The minimum Gasteiger partial charge on any atom is -0.467 e. The van der Waals surface area contributed by atoms with Crippen molar-refractivity contribution in [2.24, 2.45) is 0 Å². The van der Waals surface area contributed by atoms with Crippen LogP contribution in [0.2, 0.25) is 0 Å². The van der Waals surface area contributed by atoms with E-state index in [9.17, 15) is 4.79 Å². The molecule has 5 heteroatoms. The smallest absolute Gasteiger partial charge is 0.257 e. The van der Waals surface area contributed by atoms with E-state index in [0.29, 0.717) is 12.1 Å². The first-order valence-corrected chi connectivity index (χ1v) is 7.87. The maximum absolute atomic E-state index is 12.5. The zero-order chi connectivity index (χ0) is 16.8. The summed E-state index contributed by atoms with van der Waals surface area (Å²) in [6.45, 7) is 2.60. The molecule has 0 aliphatic carbocycles. The predicted octanol–water partition coefficient (Wildman–Crippen LogP) is 4.10. The summed E-state index contributed by atoms with van der Waals surface area (Å²) in [5.74, 6) is 0.645. The van der Waals surface area contributed by atoms with Crippen LogP contribution in [0, 0.1) is 0 Å². The number of aryl methyl sites for hydroxylation is 1. The van der Waals surface area contributed by atoms with Crippen molar-refractivity contribution in [3.8, 4) is 0 Å². The van der Waals surface area contributed by atoms with Crippen LogP contribution in [0.25, 0.3) is 0 Å². The van der Waals surface area contributed by atoms with Gasteiger partial charge in [0, 0.05) is 18.1 Å². The second-order valence-electron chi connectivity index (χ2n) is 5.36. The topological polar surface area (TPSA) is 67.2 Å².